The summed E-state index contributed by atoms with van der Waals surface area (Å²) in [5.41, 5.74) is 7.32. The van der Waals surface area contributed by atoms with Gasteiger partial charge in [-0.25, -0.2) is 5.01 Å². The number of ether oxygens (including phenoxy) is 1. The minimum atomic E-state index is -0.317. The molecule has 3 amide bonds. The lowest BCUT2D eigenvalue weighted by Gasteiger charge is -2.32. The fraction of sp³-hybridized carbons (Fsp3) is 0.500. The van der Waals surface area contributed by atoms with E-state index >= 15 is 0 Å². The normalized spacial score (nSPS) is 26.4. The number of nitrogens with zero attached hydrogens (tertiary/aromatic N) is 2. The van der Waals surface area contributed by atoms with Gasteiger partial charge in [-0.2, -0.15) is 5.01 Å². The fourth-order valence-electron chi connectivity index (χ4n) is 3.80. The van der Waals surface area contributed by atoms with E-state index in [-0.39, 0.29) is 36.4 Å². The molecule has 132 valence electrons. The lowest BCUT2D eigenvalue weighted by atomic mass is 10.1. The van der Waals surface area contributed by atoms with Crippen molar-refractivity contribution < 1.29 is 19.1 Å². The molecule has 7 nitrogen and oxygen atoms in total. The molecule has 1 aromatic carbocycles. The highest BCUT2D eigenvalue weighted by atomic mass is 16.5. The molecule has 1 aliphatic carbocycles. The molecule has 1 saturated carbocycles. The topological polar surface area (TPSA) is 92.9 Å². The summed E-state index contributed by atoms with van der Waals surface area (Å²) in [5.74, 6) is -0.272. The van der Waals surface area contributed by atoms with Crippen molar-refractivity contribution in [2.45, 2.75) is 57.2 Å². The molecule has 0 aromatic heterocycles. The first-order chi connectivity index (χ1) is 12.0. The van der Waals surface area contributed by atoms with E-state index in [1.54, 1.807) is 12.1 Å². The number of hydrazine groups is 1. The molecule has 7 heteroatoms. The van der Waals surface area contributed by atoms with Crippen molar-refractivity contribution in [3.05, 3.63) is 29.3 Å². The van der Waals surface area contributed by atoms with Gasteiger partial charge in [-0.15, -0.1) is 0 Å². The highest BCUT2D eigenvalue weighted by molar-refractivity contribution is 6.04. The lowest BCUT2D eigenvalue weighted by molar-refractivity contribution is -0.163. The van der Waals surface area contributed by atoms with Crippen LogP contribution in [0.25, 0.3) is 0 Å². The molecular weight excluding hydrogens is 322 g/mol. The second-order valence-electron chi connectivity index (χ2n) is 6.89. The molecule has 2 fully saturated rings. The molecule has 1 saturated heterocycles. The van der Waals surface area contributed by atoms with Crippen molar-refractivity contribution in [1.29, 1.82) is 0 Å². The van der Waals surface area contributed by atoms with Crippen LogP contribution in [0, 0.1) is 0 Å². The molecule has 2 N–H and O–H groups in total. The van der Waals surface area contributed by atoms with Crippen molar-refractivity contribution in [1.82, 2.24) is 10.0 Å². The summed E-state index contributed by atoms with van der Waals surface area (Å²) >= 11 is 0. The summed E-state index contributed by atoms with van der Waals surface area (Å²) in [6, 6.07) is 5.31. The van der Waals surface area contributed by atoms with Crippen LogP contribution >= 0.6 is 0 Å². The predicted octanol–water partition coefficient (Wildman–Crippen LogP) is 1.36. The Hall–Kier alpha value is -2.41. The SMILES string of the molecule is N[C@@H]1CCC[C@@H]1Oc1ccc2c(c1)CN(N1C(=O)CCCC1=O)C2=O. The van der Waals surface area contributed by atoms with Crippen LogP contribution in [0.3, 0.4) is 0 Å². The number of hydrogen-bond donors (Lipinski definition) is 1. The van der Waals surface area contributed by atoms with E-state index in [9.17, 15) is 14.4 Å². The van der Waals surface area contributed by atoms with E-state index in [4.69, 9.17) is 10.5 Å². The first-order valence-corrected chi connectivity index (χ1v) is 8.77. The molecule has 2 heterocycles. The van der Waals surface area contributed by atoms with Crippen LogP contribution in [0.2, 0.25) is 0 Å². The zero-order valence-electron chi connectivity index (χ0n) is 13.9. The molecule has 2 aliphatic heterocycles. The summed E-state index contributed by atoms with van der Waals surface area (Å²) in [5, 5.41) is 2.26. The van der Waals surface area contributed by atoms with Gasteiger partial charge in [0.2, 0.25) is 11.8 Å². The number of nitrogens with two attached hydrogens (primary N) is 1. The van der Waals surface area contributed by atoms with E-state index in [0.717, 1.165) is 29.8 Å². The average Bonchev–Trinajstić information content (AvgIpc) is 3.12. The van der Waals surface area contributed by atoms with Gasteiger partial charge in [-0.05, 0) is 49.4 Å². The molecule has 1 aromatic rings. The van der Waals surface area contributed by atoms with Crippen LogP contribution in [0.5, 0.6) is 5.75 Å². The highest BCUT2D eigenvalue weighted by Gasteiger charge is 2.39. The van der Waals surface area contributed by atoms with Gasteiger partial charge in [0.25, 0.3) is 5.91 Å². The monoisotopic (exact) mass is 343 g/mol. The quantitative estimate of drug-likeness (QED) is 0.837. The number of amides is 3. The Morgan fingerprint density at radius 3 is 2.48 bits per heavy atom. The van der Waals surface area contributed by atoms with Gasteiger partial charge in [0.1, 0.15) is 11.9 Å². The maximum absolute atomic E-state index is 12.6. The predicted molar refractivity (Wildman–Crippen MR) is 88.3 cm³/mol. The minimum Gasteiger partial charge on any atom is -0.489 e. The third-order valence-corrected chi connectivity index (χ3v) is 5.15. The zero-order chi connectivity index (χ0) is 17.6. The highest BCUT2D eigenvalue weighted by Crippen LogP contribution is 2.31. The van der Waals surface area contributed by atoms with Gasteiger partial charge in [-0.3, -0.25) is 14.4 Å². The van der Waals surface area contributed by atoms with Crippen molar-refractivity contribution in [2.24, 2.45) is 5.73 Å². The summed E-state index contributed by atoms with van der Waals surface area (Å²) in [6.07, 6.45) is 4.07. The Labute approximate surface area is 145 Å². The minimum absolute atomic E-state index is 0.00323. The number of carbonyl (C=O) groups excluding carboxylic acids is 3. The number of fused-ring (bicyclic) bond motifs is 1. The van der Waals surface area contributed by atoms with E-state index < -0.39 is 0 Å². The third kappa shape index (κ3) is 2.78. The molecule has 0 radical (unpaired) electrons. The van der Waals surface area contributed by atoms with E-state index in [0.29, 0.717) is 30.6 Å². The molecular formula is C18H21N3O4. The summed E-state index contributed by atoms with van der Waals surface area (Å²) in [4.78, 5) is 36.8. The Kier molecular flexibility index (Phi) is 3.95. The number of imide groups is 1. The van der Waals surface area contributed by atoms with Crippen LogP contribution in [0.4, 0.5) is 0 Å². The van der Waals surface area contributed by atoms with Crippen LogP contribution in [-0.2, 0) is 16.1 Å². The summed E-state index contributed by atoms with van der Waals surface area (Å²) in [7, 11) is 0. The number of rotatable bonds is 3. The third-order valence-electron chi connectivity index (χ3n) is 5.15. The molecule has 2 atom stereocenters. The first kappa shape index (κ1) is 16.1. The maximum Gasteiger partial charge on any atom is 0.273 e. The lowest BCUT2D eigenvalue weighted by Crippen LogP contribution is -2.51. The fourth-order valence-corrected chi connectivity index (χ4v) is 3.80. The van der Waals surface area contributed by atoms with Gasteiger partial charge in [-0.1, -0.05) is 0 Å². The Morgan fingerprint density at radius 1 is 1.04 bits per heavy atom. The molecule has 4 rings (SSSR count). The molecule has 0 bridgehead atoms. The number of carbonyl (C=O) groups is 3. The van der Waals surface area contributed by atoms with Crippen molar-refractivity contribution in [3.8, 4) is 5.75 Å². The van der Waals surface area contributed by atoms with Crippen molar-refractivity contribution >= 4 is 17.7 Å². The Bertz CT molecular complexity index is 732. The average molecular weight is 343 g/mol. The summed E-state index contributed by atoms with van der Waals surface area (Å²) in [6.45, 7) is 0.208. The molecule has 0 unspecified atom stereocenters. The molecule has 0 spiro atoms. The Balaban J connectivity index is 1.54. The van der Waals surface area contributed by atoms with Gasteiger partial charge in [0.05, 0.1) is 6.54 Å². The second kappa shape index (κ2) is 6.15. The van der Waals surface area contributed by atoms with Crippen LogP contribution in [-0.4, -0.2) is 39.9 Å². The number of benzene rings is 1. The zero-order valence-corrected chi connectivity index (χ0v) is 13.9. The van der Waals surface area contributed by atoms with Crippen molar-refractivity contribution in [2.75, 3.05) is 0 Å². The smallest absolute Gasteiger partial charge is 0.273 e. The molecule has 25 heavy (non-hydrogen) atoms. The van der Waals surface area contributed by atoms with E-state index in [2.05, 4.69) is 0 Å². The van der Waals surface area contributed by atoms with Crippen LogP contribution in [0.1, 0.15) is 54.4 Å². The van der Waals surface area contributed by atoms with E-state index in [1.165, 1.54) is 5.01 Å². The van der Waals surface area contributed by atoms with Crippen LogP contribution < -0.4 is 10.5 Å². The standard InChI is InChI=1S/C18H21N3O4/c19-14-3-1-4-15(14)25-12-7-8-13-11(9-12)10-20(18(13)24)21-16(22)5-2-6-17(21)23/h7-9,14-15H,1-6,10,19H2/t14-,15+/m1/s1. The van der Waals surface area contributed by atoms with Crippen molar-refractivity contribution in [3.63, 3.8) is 0 Å². The first-order valence-electron chi connectivity index (χ1n) is 8.77. The largest absolute Gasteiger partial charge is 0.489 e. The van der Waals surface area contributed by atoms with Gasteiger partial charge < -0.3 is 10.5 Å². The Morgan fingerprint density at radius 2 is 1.80 bits per heavy atom. The van der Waals surface area contributed by atoms with Crippen LogP contribution in [0.15, 0.2) is 18.2 Å². The number of hydrogen-bond acceptors (Lipinski definition) is 5. The van der Waals surface area contributed by atoms with E-state index in [1.807, 2.05) is 6.07 Å². The molecule has 3 aliphatic rings. The van der Waals surface area contributed by atoms with Gasteiger partial charge in [0.15, 0.2) is 0 Å². The van der Waals surface area contributed by atoms with Gasteiger partial charge >= 0.3 is 0 Å². The second-order valence-corrected chi connectivity index (χ2v) is 6.89. The number of piperidine rings is 1. The summed E-state index contributed by atoms with van der Waals surface area (Å²) < 4.78 is 5.97. The maximum atomic E-state index is 12.6. The van der Waals surface area contributed by atoms with Gasteiger partial charge in [0, 0.05) is 24.4 Å².